The minimum atomic E-state index is -1.10. The third-order valence-electron chi connectivity index (χ3n) is 3.28. The minimum Gasteiger partial charge on any atom is -0.550 e. The predicted molar refractivity (Wildman–Crippen MR) is 87.6 cm³/mol. The van der Waals surface area contributed by atoms with E-state index in [9.17, 15) is 9.90 Å². The number of carbonyl (C=O) groups excluding carboxylic acids is 1. The van der Waals surface area contributed by atoms with Crippen molar-refractivity contribution >= 4 is 43.7 Å². The smallest absolute Gasteiger partial charge is 0.550 e. The molecule has 112 valence electrons. The molecule has 0 fully saturated rings. The van der Waals surface area contributed by atoms with Crippen LogP contribution in [0.2, 0.25) is 0 Å². The van der Waals surface area contributed by atoms with Crippen molar-refractivity contribution in [3.63, 3.8) is 0 Å². The number of benzene rings is 1. The topological polar surface area (TPSA) is 49.4 Å². The number of carbonyl (C=O) groups is 1. The molecule has 3 nitrogen and oxygen atoms in total. The first-order valence-corrected chi connectivity index (χ1v) is 6.92. The number of allylic oxidation sites excluding steroid dienone is 1. The molecule has 4 heteroatoms. The second kappa shape index (κ2) is 10.7. The third-order valence-corrected chi connectivity index (χ3v) is 3.28. The molecule has 0 heterocycles. The third kappa shape index (κ3) is 7.35. The van der Waals surface area contributed by atoms with Gasteiger partial charge in [0.25, 0.3) is 0 Å². The Hall–Kier alpha value is -0.950. The summed E-state index contributed by atoms with van der Waals surface area (Å²) in [6.45, 7) is 8.39. The van der Waals surface area contributed by atoms with Gasteiger partial charge in [-0.3, -0.25) is 0 Å². The van der Waals surface area contributed by atoms with E-state index in [-0.39, 0.29) is 50.1 Å². The van der Waals surface area contributed by atoms with E-state index in [4.69, 9.17) is 4.74 Å². The van der Waals surface area contributed by atoms with Gasteiger partial charge < -0.3 is 14.6 Å². The molecule has 0 saturated heterocycles. The average molecular weight is 325 g/mol. The maximum atomic E-state index is 10.8. The van der Waals surface area contributed by atoms with Crippen molar-refractivity contribution in [3.05, 3.63) is 41.0 Å². The Balaban J connectivity index is 0.00000441. The molecule has 1 aromatic carbocycles. The maximum absolute atomic E-state index is 10.8. The Bertz CT molecular complexity index is 573. The summed E-state index contributed by atoms with van der Waals surface area (Å²) in [5.74, 6) is 4.98. The summed E-state index contributed by atoms with van der Waals surface area (Å²) in [6.07, 6.45) is -0.0993. The monoisotopic (exact) mass is 325 g/mol. The van der Waals surface area contributed by atoms with Crippen molar-refractivity contribution in [1.29, 1.82) is 0 Å². The number of carboxylic acid groups (broad SMARTS) is 1. The number of hydrogen-bond donors (Lipinski definition) is 0. The van der Waals surface area contributed by atoms with Crippen LogP contribution < -0.4 is 9.84 Å². The SMILES string of the molecule is CC#C[C@@H](CC(=O)[O-])c1ccc(OCC(C)=C(C)C)cc1.[Ca+2]. The van der Waals surface area contributed by atoms with Gasteiger partial charge in [0.15, 0.2) is 0 Å². The average Bonchev–Trinajstić information content (AvgIpc) is 2.44. The first-order valence-electron chi connectivity index (χ1n) is 6.92. The van der Waals surface area contributed by atoms with Gasteiger partial charge in [-0.05, 0) is 51.0 Å². The van der Waals surface area contributed by atoms with Crippen LogP contribution in [0.1, 0.15) is 45.6 Å². The van der Waals surface area contributed by atoms with E-state index >= 15 is 0 Å². The van der Waals surface area contributed by atoms with E-state index in [1.165, 1.54) is 11.1 Å². The van der Waals surface area contributed by atoms with Gasteiger partial charge in [0.2, 0.25) is 0 Å². The van der Waals surface area contributed by atoms with E-state index in [2.05, 4.69) is 25.7 Å². The molecule has 0 radical (unpaired) electrons. The fourth-order valence-corrected chi connectivity index (χ4v) is 1.73. The molecule has 0 spiro atoms. The number of carboxylic acids is 1. The van der Waals surface area contributed by atoms with Crippen LogP contribution in [0, 0.1) is 11.8 Å². The molecular weight excluding hydrogens is 304 g/mol. The Morgan fingerprint density at radius 2 is 1.82 bits per heavy atom. The second-order valence-corrected chi connectivity index (χ2v) is 5.16. The second-order valence-electron chi connectivity index (χ2n) is 5.16. The molecule has 22 heavy (non-hydrogen) atoms. The number of ether oxygens (including phenoxy) is 1. The van der Waals surface area contributed by atoms with Crippen LogP contribution in [0.15, 0.2) is 35.4 Å². The van der Waals surface area contributed by atoms with Crippen LogP contribution in [0.4, 0.5) is 0 Å². The van der Waals surface area contributed by atoms with Crippen LogP contribution in [0.3, 0.4) is 0 Å². The summed E-state index contributed by atoms with van der Waals surface area (Å²) >= 11 is 0. The van der Waals surface area contributed by atoms with Crippen molar-refractivity contribution in [2.75, 3.05) is 6.61 Å². The summed E-state index contributed by atoms with van der Waals surface area (Å²) in [5.41, 5.74) is 3.31. The zero-order valence-electron chi connectivity index (χ0n) is 13.7. The van der Waals surface area contributed by atoms with Crippen molar-refractivity contribution in [2.45, 2.75) is 40.0 Å². The zero-order valence-corrected chi connectivity index (χ0v) is 15.9. The van der Waals surface area contributed by atoms with Gasteiger partial charge >= 0.3 is 37.7 Å². The summed E-state index contributed by atoms with van der Waals surface area (Å²) in [7, 11) is 0. The van der Waals surface area contributed by atoms with Gasteiger partial charge in [0.1, 0.15) is 12.4 Å². The first kappa shape index (κ1) is 21.0. The molecule has 1 rings (SSSR count). The number of hydrogen-bond acceptors (Lipinski definition) is 3. The molecule has 0 amide bonds. The summed E-state index contributed by atoms with van der Waals surface area (Å²) in [6, 6.07) is 7.39. The Morgan fingerprint density at radius 1 is 1.23 bits per heavy atom. The van der Waals surface area contributed by atoms with Gasteiger partial charge in [-0.2, -0.15) is 0 Å². The van der Waals surface area contributed by atoms with Crippen LogP contribution in [0.5, 0.6) is 5.75 Å². The molecule has 1 atom stereocenters. The van der Waals surface area contributed by atoms with E-state index in [1.807, 2.05) is 31.2 Å². The largest absolute Gasteiger partial charge is 2.00 e. The van der Waals surface area contributed by atoms with Crippen LogP contribution in [-0.2, 0) is 4.79 Å². The molecule has 0 aliphatic rings. The molecule has 0 aromatic heterocycles. The standard InChI is InChI=1S/C18H22O3.Ca/c1-5-6-16(11-18(19)20)15-7-9-17(10-8-15)21-12-14(4)13(2)3;/h7-10,16H,11-12H2,1-4H3,(H,19,20);/q;+2/p-1/t16-;/m0./s1. The van der Waals surface area contributed by atoms with E-state index in [0.29, 0.717) is 6.61 Å². The molecule has 0 aliphatic heterocycles. The van der Waals surface area contributed by atoms with Crippen LogP contribution in [-0.4, -0.2) is 50.3 Å². The van der Waals surface area contributed by atoms with Crippen molar-refractivity contribution in [3.8, 4) is 17.6 Å². The summed E-state index contributed by atoms with van der Waals surface area (Å²) < 4.78 is 5.68. The molecule has 0 unspecified atom stereocenters. The molecular formula is C18H21CaO3+. The Kier molecular flexibility index (Phi) is 10.3. The van der Waals surface area contributed by atoms with Gasteiger partial charge in [-0.15, -0.1) is 5.92 Å². The first-order chi connectivity index (χ1) is 9.93. The van der Waals surface area contributed by atoms with Gasteiger partial charge in [0.05, 0.1) is 5.92 Å². The fourth-order valence-electron chi connectivity index (χ4n) is 1.73. The van der Waals surface area contributed by atoms with Crippen molar-refractivity contribution < 1.29 is 14.6 Å². The predicted octanol–water partition coefficient (Wildman–Crippen LogP) is 2.29. The molecule has 0 bridgehead atoms. The van der Waals surface area contributed by atoms with Crippen LogP contribution in [0.25, 0.3) is 0 Å². The van der Waals surface area contributed by atoms with E-state index in [1.54, 1.807) is 6.92 Å². The quantitative estimate of drug-likeness (QED) is 0.458. The Labute approximate surface area is 162 Å². The van der Waals surface area contributed by atoms with Crippen LogP contribution >= 0.6 is 0 Å². The Morgan fingerprint density at radius 3 is 2.27 bits per heavy atom. The molecule has 0 saturated carbocycles. The molecule has 1 aromatic rings. The molecule has 0 N–H and O–H groups in total. The maximum Gasteiger partial charge on any atom is 2.00 e. The van der Waals surface area contributed by atoms with E-state index in [0.717, 1.165) is 11.3 Å². The fraction of sp³-hybridized carbons (Fsp3) is 0.389. The number of rotatable bonds is 6. The zero-order chi connectivity index (χ0) is 15.8. The van der Waals surface area contributed by atoms with Gasteiger partial charge in [0, 0.05) is 12.4 Å². The normalized spacial score (nSPS) is 10.5. The van der Waals surface area contributed by atoms with Crippen molar-refractivity contribution in [2.24, 2.45) is 0 Å². The molecule has 0 aliphatic carbocycles. The van der Waals surface area contributed by atoms with E-state index < -0.39 is 5.97 Å². The number of aliphatic carboxylic acids is 1. The van der Waals surface area contributed by atoms with Gasteiger partial charge in [-0.25, -0.2) is 0 Å². The summed E-state index contributed by atoms with van der Waals surface area (Å²) in [5, 5.41) is 10.8. The minimum absolute atomic E-state index is 0. The summed E-state index contributed by atoms with van der Waals surface area (Å²) in [4.78, 5) is 10.8. The van der Waals surface area contributed by atoms with Crippen molar-refractivity contribution in [1.82, 2.24) is 0 Å². The van der Waals surface area contributed by atoms with Gasteiger partial charge in [-0.1, -0.05) is 23.6 Å².